The summed E-state index contributed by atoms with van der Waals surface area (Å²) in [6.07, 6.45) is 0.250. The summed E-state index contributed by atoms with van der Waals surface area (Å²) in [6, 6.07) is 8.03. The van der Waals surface area contributed by atoms with Crippen LogP contribution in [0.15, 0.2) is 47.2 Å². The number of phenols is 1. The smallest absolute Gasteiger partial charge is 0.202 e. The van der Waals surface area contributed by atoms with Gasteiger partial charge < -0.3 is 29.9 Å². The van der Waals surface area contributed by atoms with Crippen molar-refractivity contribution >= 4 is 23.1 Å². The fourth-order valence-electron chi connectivity index (χ4n) is 7.68. The van der Waals surface area contributed by atoms with Gasteiger partial charge in [0.2, 0.25) is 5.78 Å². The number of hydrogen-bond acceptors (Lipinski definition) is 11. The van der Waals surface area contributed by atoms with Gasteiger partial charge in [-0.1, -0.05) is 12.1 Å². The molecule has 4 atom stereocenters. The highest BCUT2D eigenvalue weighted by Gasteiger charge is 2.64. The number of morpholine rings is 1. The maximum atomic E-state index is 14.2. The van der Waals surface area contributed by atoms with Crippen molar-refractivity contribution in [3.63, 3.8) is 0 Å². The lowest BCUT2D eigenvalue weighted by atomic mass is 9.57. The van der Waals surface area contributed by atoms with Gasteiger partial charge >= 0.3 is 0 Å². The quantitative estimate of drug-likeness (QED) is 0.353. The molecule has 238 valence electrons. The molecule has 0 aromatic heterocycles. The van der Waals surface area contributed by atoms with Gasteiger partial charge in [-0.15, -0.1) is 0 Å². The Balaban J connectivity index is 1.49. The number of ketones is 3. The zero-order valence-electron chi connectivity index (χ0n) is 25.8. The first-order chi connectivity index (χ1) is 21.4. The van der Waals surface area contributed by atoms with E-state index in [2.05, 4.69) is 4.90 Å². The molecule has 3 aliphatic carbocycles. The van der Waals surface area contributed by atoms with Crippen LogP contribution in [-0.4, -0.2) is 107 Å². The summed E-state index contributed by atoms with van der Waals surface area (Å²) in [5.74, 6) is -5.32. The third kappa shape index (κ3) is 4.77. The monoisotopic (exact) mass is 618 g/mol. The molecule has 2 aromatic carbocycles. The zero-order chi connectivity index (χ0) is 32.4. The number of likely N-dealkylation sites (N-methyl/N-ethyl adjacent to an activating group) is 1. The average Bonchev–Trinajstić information content (AvgIpc) is 2.99. The van der Waals surface area contributed by atoms with Crippen molar-refractivity contribution in [1.29, 1.82) is 0 Å². The standard InChI is InChI=1S/C34H38N2O9/c1-17(37)26-31(40)29(35(2)3)23-15-19-14-22-20(21-13-18(5-8-25(21)44-4)16-36-9-11-45-12-10-36)6-7-24(38)28(22)30(39)27(19)33(42)34(23,43)32(26)41/h5-8,13,19,23,29,38-39,41,43H,9-12,14-16H2,1-4H3. The summed E-state index contributed by atoms with van der Waals surface area (Å²) in [7, 11) is 4.79. The van der Waals surface area contributed by atoms with Gasteiger partial charge in [0.1, 0.15) is 28.6 Å². The molecule has 11 nitrogen and oxygen atoms in total. The van der Waals surface area contributed by atoms with Crippen LogP contribution in [0.5, 0.6) is 11.5 Å². The van der Waals surface area contributed by atoms with Gasteiger partial charge in [-0.25, -0.2) is 0 Å². The van der Waals surface area contributed by atoms with Crippen LogP contribution in [0.4, 0.5) is 0 Å². The maximum Gasteiger partial charge on any atom is 0.202 e. The minimum Gasteiger partial charge on any atom is -0.508 e. The van der Waals surface area contributed by atoms with Crippen molar-refractivity contribution in [1.82, 2.24) is 9.80 Å². The van der Waals surface area contributed by atoms with Gasteiger partial charge in [-0.05, 0) is 74.7 Å². The number of methoxy groups -OCH3 is 1. The first-order valence-electron chi connectivity index (χ1n) is 15.1. The zero-order valence-corrected chi connectivity index (χ0v) is 25.8. The maximum absolute atomic E-state index is 14.2. The number of Topliss-reactive ketones (excluding diaryl/α,β-unsaturated/α-hetero) is 3. The molecule has 1 saturated heterocycles. The van der Waals surface area contributed by atoms with Crippen LogP contribution in [-0.2, 0) is 32.1 Å². The molecule has 2 fully saturated rings. The van der Waals surface area contributed by atoms with Crippen LogP contribution >= 0.6 is 0 Å². The fraction of sp³-hybridized carbons (Fsp3) is 0.441. The summed E-state index contributed by atoms with van der Waals surface area (Å²) in [5, 5.41) is 45.7. The van der Waals surface area contributed by atoms with Gasteiger partial charge in [0.25, 0.3) is 0 Å². The number of carbonyl (C=O) groups excluding carboxylic acids is 3. The van der Waals surface area contributed by atoms with Crippen molar-refractivity contribution in [2.75, 3.05) is 47.5 Å². The topological polar surface area (TPSA) is 157 Å². The Bertz CT molecular complexity index is 1670. The highest BCUT2D eigenvalue weighted by atomic mass is 16.5. The largest absolute Gasteiger partial charge is 0.508 e. The summed E-state index contributed by atoms with van der Waals surface area (Å²) in [4.78, 5) is 43.9. The fourth-order valence-corrected chi connectivity index (χ4v) is 7.68. The number of carbonyl (C=O) groups is 3. The number of benzene rings is 2. The Hall–Kier alpha value is -4.03. The summed E-state index contributed by atoms with van der Waals surface area (Å²) < 4.78 is 11.2. The van der Waals surface area contributed by atoms with E-state index in [9.17, 15) is 34.8 Å². The van der Waals surface area contributed by atoms with Crippen LogP contribution < -0.4 is 4.74 Å². The van der Waals surface area contributed by atoms with Crippen molar-refractivity contribution in [2.45, 2.75) is 38.0 Å². The number of aliphatic hydroxyl groups excluding tert-OH is 2. The Morgan fingerprint density at radius 2 is 1.80 bits per heavy atom. The molecule has 1 aliphatic heterocycles. The molecule has 1 saturated carbocycles. The molecule has 4 aliphatic rings. The van der Waals surface area contributed by atoms with Crippen molar-refractivity contribution < 1.29 is 44.3 Å². The molecule has 4 N–H and O–H groups in total. The van der Waals surface area contributed by atoms with E-state index in [1.54, 1.807) is 27.3 Å². The molecule has 45 heavy (non-hydrogen) atoms. The lowest BCUT2D eigenvalue weighted by molar-refractivity contribution is -0.153. The minimum absolute atomic E-state index is 0.0498. The lowest BCUT2D eigenvalue weighted by Crippen LogP contribution is -2.65. The summed E-state index contributed by atoms with van der Waals surface area (Å²) >= 11 is 0. The van der Waals surface area contributed by atoms with Gasteiger partial charge in [0.15, 0.2) is 17.2 Å². The summed E-state index contributed by atoms with van der Waals surface area (Å²) in [6.45, 7) is 4.76. The third-order valence-electron chi connectivity index (χ3n) is 9.77. The first-order valence-corrected chi connectivity index (χ1v) is 15.1. The molecular weight excluding hydrogens is 580 g/mol. The molecule has 2 aromatic rings. The predicted octanol–water partition coefficient (Wildman–Crippen LogP) is 2.58. The Morgan fingerprint density at radius 3 is 2.44 bits per heavy atom. The van der Waals surface area contributed by atoms with E-state index >= 15 is 0 Å². The number of phenolic OH excluding ortho intramolecular Hbond substituents is 1. The predicted molar refractivity (Wildman–Crippen MR) is 164 cm³/mol. The third-order valence-corrected chi connectivity index (χ3v) is 9.77. The van der Waals surface area contributed by atoms with Crippen LogP contribution in [0.3, 0.4) is 0 Å². The number of rotatable bonds is 6. The second kappa shape index (κ2) is 11.4. The number of fused-ring (bicyclic) bond motifs is 3. The highest BCUT2D eigenvalue weighted by Crippen LogP contribution is 2.54. The van der Waals surface area contributed by atoms with Crippen LogP contribution in [0, 0.1) is 11.8 Å². The average molecular weight is 619 g/mol. The SMILES string of the molecule is COc1ccc(CN2CCOCC2)cc1-c1ccc(O)c2c1CC1CC3C(N(C)C)C(=O)C(C(C)=O)=C(O)C3(O)C(=O)C1=C2O. The second-order valence-corrected chi connectivity index (χ2v) is 12.6. The Kier molecular flexibility index (Phi) is 7.85. The van der Waals surface area contributed by atoms with Crippen molar-refractivity contribution in [3.05, 3.63) is 63.9 Å². The molecule has 0 spiro atoms. The molecule has 0 bridgehead atoms. The van der Waals surface area contributed by atoms with Gasteiger partial charge in [-0.3, -0.25) is 24.2 Å². The van der Waals surface area contributed by atoms with E-state index in [-0.39, 0.29) is 29.7 Å². The first kappa shape index (κ1) is 31.0. The van der Waals surface area contributed by atoms with Gasteiger partial charge in [-0.2, -0.15) is 0 Å². The van der Waals surface area contributed by atoms with Gasteiger partial charge in [0, 0.05) is 36.7 Å². The molecular formula is C34H38N2O9. The number of ether oxygens (including phenoxy) is 2. The number of aromatic hydroxyl groups is 1. The van der Waals surface area contributed by atoms with E-state index in [1.165, 1.54) is 11.0 Å². The van der Waals surface area contributed by atoms with E-state index in [1.807, 2.05) is 18.2 Å². The van der Waals surface area contributed by atoms with Crippen LogP contribution in [0.25, 0.3) is 16.9 Å². The molecule has 1 heterocycles. The Labute approximate surface area is 261 Å². The van der Waals surface area contributed by atoms with E-state index < -0.39 is 57.9 Å². The molecule has 0 radical (unpaired) electrons. The molecule has 6 rings (SSSR count). The number of nitrogens with zero attached hydrogens (tertiary/aromatic N) is 2. The molecule has 0 amide bonds. The van der Waals surface area contributed by atoms with Gasteiger partial charge in [0.05, 0.1) is 31.9 Å². The highest BCUT2D eigenvalue weighted by molar-refractivity contribution is 6.25. The second-order valence-electron chi connectivity index (χ2n) is 12.6. The van der Waals surface area contributed by atoms with Crippen molar-refractivity contribution in [3.8, 4) is 22.6 Å². The van der Waals surface area contributed by atoms with Crippen LogP contribution in [0.2, 0.25) is 0 Å². The summed E-state index contributed by atoms with van der Waals surface area (Å²) in [5.41, 5.74) is -0.233. The normalized spacial score (nSPS) is 26.9. The lowest BCUT2D eigenvalue weighted by Gasteiger charge is -2.50. The Morgan fingerprint density at radius 1 is 1.09 bits per heavy atom. The van der Waals surface area contributed by atoms with E-state index in [0.29, 0.717) is 36.6 Å². The molecule has 4 unspecified atom stereocenters. The molecule has 11 heteroatoms. The van der Waals surface area contributed by atoms with Crippen LogP contribution in [0.1, 0.15) is 30.0 Å². The van der Waals surface area contributed by atoms with E-state index in [4.69, 9.17) is 9.47 Å². The number of aliphatic hydroxyl groups is 3. The van der Waals surface area contributed by atoms with E-state index in [0.717, 1.165) is 31.1 Å². The number of hydrogen-bond donors (Lipinski definition) is 4. The van der Waals surface area contributed by atoms with Crippen molar-refractivity contribution in [2.24, 2.45) is 11.8 Å². The minimum atomic E-state index is -2.61.